The zero-order chi connectivity index (χ0) is 19.1. The third-order valence-corrected chi connectivity index (χ3v) is 4.26. The lowest BCUT2D eigenvalue weighted by Gasteiger charge is -2.25. The Labute approximate surface area is 151 Å². The predicted octanol–water partition coefficient (Wildman–Crippen LogP) is 0.0509. The van der Waals surface area contributed by atoms with Crippen molar-refractivity contribution >= 4 is 23.8 Å². The normalized spacial score (nSPS) is 17.3. The van der Waals surface area contributed by atoms with Gasteiger partial charge in [-0.25, -0.2) is 9.59 Å². The van der Waals surface area contributed by atoms with Crippen LogP contribution >= 0.6 is 0 Å². The lowest BCUT2D eigenvalue weighted by molar-refractivity contribution is -0.159. The number of esters is 2. The highest BCUT2D eigenvalue weighted by atomic mass is 16.5. The average Bonchev–Trinajstić information content (AvgIpc) is 3.16. The van der Waals surface area contributed by atoms with Crippen molar-refractivity contribution in [3.63, 3.8) is 0 Å². The van der Waals surface area contributed by atoms with Crippen LogP contribution in [0.15, 0.2) is 30.3 Å². The monoisotopic (exact) mass is 362 g/mol. The molecule has 0 spiro atoms. The summed E-state index contributed by atoms with van der Waals surface area (Å²) in [5, 5.41) is 2.64. The van der Waals surface area contributed by atoms with Gasteiger partial charge in [0, 0.05) is 13.0 Å². The molecule has 1 aliphatic heterocycles. The SMILES string of the molecule is COC(=O)C(=O)N1CCC[C@H]1C(=O)N[C@@H](Cc1ccccc1)C(=O)OC. The molecule has 26 heavy (non-hydrogen) atoms. The van der Waals surface area contributed by atoms with Crippen LogP contribution in [-0.2, 0) is 35.1 Å². The fourth-order valence-corrected chi connectivity index (χ4v) is 2.94. The molecule has 140 valence electrons. The molecule has 8 heteroatoms. The molecule has 0 aliphatic carbocycles. The van der Waals surface area contributed by atoms with Gasteiger partial charge in [0.25, 0.3) is 0 Å². The summed E-state index contributed by atoms with van der Waals surface area (Å²) >= 11 is 0. The number of nitrogens with zero attached hydrogens (tertiary/aromatic N) is 1. The first-order valence-electron chi connectivity index (χ1n) is 8.29. The van der Waals surface area contributed by atoms with Crippen LogP contribution in [-0.4, -0.2) is 61.5 Å². The summed E-state index contributed by atoms with van der Waals surface area (Å²) in [4.78, 5) is 49.4. The Morgan fingerprint density at radius 3 is 2.46 bits per heavy atom. The minimum atomic E-state index is -1.02. The van der Waals surface area contributed by atoms with Crippen molar-refractivity contribution in [3.05, 3.63) is 35.9 Å². The van der Waals surface area contributed by atoms with Crippen molar-refractivity contribution in [3.8, 4) is 0 Å². The number of nitrogens with one attached hydrogen (secondary N) is 1. The molecule has 1 aromatic carbocycles. The van der Waals surface area contributed by atoms with E-state index in [4.69, 9.17) is 4.74 Å². The minimum absolute atomic E-state index is 0.261. The molecule has 0 saturated carbocycles. The van der Waals surface area contributed by atoms with E-state index in [0.717, 1.165) is 12.7 Å². The lowest BCUT2D eigenvalue weighted by atomic mass is 10.1. The first kappa shape index (κ1) is 19.4. The molecule has 0 aromatic heterocycles. The molecule has 2 amide bonds. The van der Waals surface area contributed by atoms with Crippen molar-refractivity contribution in [1.82, 2.24) is 10.2 Å². The molecular weight excluding hydrogens is 340 g/mol. The van der Waals surface area contributed by atoms with Crippen molar-refractivity contribution in [2.45, 2.75) is 31.3 Å². The maximum Gasteiger partial charge on any atom is 0.396 e. The topological polar surface area (TPSA) is 102 Å². The van der Waals surface area contributed by atoms with E-state index in [0.29, 0.717) is 12.8 Å². The third kappa shape index (κ3) is 4.59. The summed E-state index contributed by atoms with van der Waals surface area (Å²) < 4.78 is 9.20. The molecule has 1 N–H and O–H groups in total. The van der Waals surface area contributed by atoms with Crippen LogP contribution in [0.1, 0.15) is 18.4 Å². The molecule has 1 aliphatic rings. The Kier molecular flexibility index (Phi) is 6.71. The second-order valence-electron chi connectivity index (χ2n) is 5.92. The van der Waals surface area contributed by atoms with Gasteiger partial charge in [-0.2, -0.15) is 0 Å². The van der Waals surface area contributed by atoms with E-state index in [1.807, 2.05) is 30.3 Å². The predicted molar refractivity (Wildman–Crippen MR) is 90.8 cm³/mol. The standard InChI is InChI=1S/C18H22N2O6/c1-25-17(23)13(11-12-7-4-3-5-8-12)19-15(21)14-9-6-10-20(14)16(22)18(24)26-2/h3-5,7-8,13-14H,6,9-11H2,1-2H3,(H,19,21)/t13-,14-/m0/s1. The van der Waals surface area contributed by atoms with E-state index in [-0.39, 0.29) is 13.0 Å². The van der Waals surface area contributed by atoms with Gasteiger partial charge < -0.3 is 19.7 Å². The summed E-state index contributed by atoms with van der Waals surface area (Å²) in [5.41, 5.74) is 0.858. The Morgan fingerprint density at radius 1 is 1.15 bits per heavy atom. The number of carbonyl (C=O) groups excluding carboxylic acids is 4. The van der Waals surface area contributed by atoms with E-state index in [1.165, 1.54) is 12.0 Å². The number of methoxy groups -OCH3 is 2. The summed E-state index contributed by atoms with van der Waals surface area (Å²) in [5.74, 6) is -2.95. The van der Waals surface area contributed by atoms with Gasteiger partial charge in [0.15, 0.2) is 0 Å². The second kappa shape index (κ2) is 8.98. The number of benzene rings is 1. The number of hydrogen-bond donors (Lipinski definition) is 1. The fraction of sp³-hybridized carbons (Fsp3) is 0.444. The van der Waals surface area contributed by atoms with Crippen LogP contribution < -0.4 is 5.32 Å². The highest BCUT2D eigenvalue weighted by molar-refractivity contribution is 6.32. The van der Waals surface area contributed by atoms with Crippen LogP contribution in [0.3, 0.4) is 0 Å². The van der Waals surface area contributed by atoms with Gasteiger partial charge in [-0.15, -0.1) is 0 Å². The summed E-state index contributed by atoms with van der Waals surface area (Å²) in [6, 6.07) is 7.49. The number of hydrogen-bond acceptors (Lipinski definition) is 6. The van der Waals surface area contributed by atoms with E-state index < -0.39 is 35.8 Å². The second-order valence-corrected chi connectivity index (χ2v) is 5.92. The van der Waals surface area contributed by atoms with Gasteiger partial charge in [0.2, 0.25) is 5.91 Å². The lowest BCUT2D eigenvalue weighted by Crippen LogP contribution is -2.52. The van der Waals surface area contributed by atoms with Gasteiger partial charge in [0.05, 0.1) is 14.2 Å². The Bertz CT molecular complexity index is 676. The maximum absolute atomic E-state index is 12.6. The van der Waals surface area contributed by atoms with Gasteiger partial charge in [-0.1, -0.05) is 30.3 Å². The van der Waals surface area contributed by atoms with Crippen LogP contribution in [0.4, 0.5) is 0 Å². The maximum atomic E-state index is 12.6. The van der Waals surface area contributed by atoms with Crippen LogP contribution in [0.25, 0.3) is 0 Å². The highest BCUT2D eigenvalue weighted by Gasteiger charge is 2.38. The quantitative estimate of drug-likeness (QED) is 0.587. The third-order valence-electron chi connectivity index (χ3n) is 4.26. The molecule has 1 saturated heterocycles. The first-order valence-corrected chi connectivity index (χ1v) is 8.29. The zero-order valence-electron chi connectivity index (χ0n) is 14.8. The Hall–Kier alpha value is -2.90. The van der Waals surface area contributed by atoms with Crippen LogP contribution in [0.2, 0.25) is 0 Å². The molecule has 2 rings (SSSR count). The van der Waals surface area contributed by atoms with Crippen molar-refractivity contribution in [2.75, 3.05) is 20.8 Å². The number of rotatable bonds is 5. The molecule has 1 heterocycles. The van der Waals surface area contributed by atoms with Gasteiger partial charge in [0.1, 0.15) is 12.1 Å². The van der Waals surface area contributed by atoms with Crippen molar-refractivity contribution in [1.29, 1.82) is 0 Å². The molecule has 0 unspecified atom stereocenters. The molecular formula is C18H22N2O6. The molecule has 2 atom stereocenters. The van der Waals surface area contributed by atoms with E-state index in [1.54, 1.807) is 0 Å². The van der Waals surface area contributed by atoms with Gasteiger partial charge in [-0.3, -0.25) is 9.59 Å². The number of amides is 2. The highest BCUT2D eigenvalue weighted by Crippen LogP contribution is 2.18. The van der Waals surface area contributed by atoms with E-state index in [9.17, 15) is 19.2 Å². The number of likely N-dealkylation sites (tertiary alicyclic amines) is 1. The zero-order valence-corrected chi connectivity index (χ0v) is 14.8. The largest absolute Gasteiger partial charge is 0.467 e. The van der Waals surface area contributed by atoms with Crippen LogP contribution in [0.5, 0.6) is 0 Å². The molecule has 1 fully saturated rings. The number of carbonyl (C=O) groups is 4. The average molecular weight is 362 g/mol. The summed E-state index contributed by atoms with van der Waals surface area (Å²) in [7, 11) is 2.35. The Balaban J connectivity index is 2.09. The van der Waals surface area contributed by atoms with E-state index >= 15 is 0 Å². The molecule has 1 aromatic rings. The number of ether oxygens (including phenoxy) is 2. The Morgan fingerprint density at radius 2 is 1.85 bits per heavy atom. The fourth-order valence-electron chi connectivity index (χ4n) is 2.94. The molecule has 0 radical (unpaired) electrons. The van der Waals surface area contributed by atoms with Gasteiger partial charge in [-0.05, 0) is 18.4 Å². The van der Waals surface area contributed by atoms with Crippen LogP contribution in [0, 0.1) is 0 Å². The van der Waals surface area contributed by atoms with Crippen molar-refractivity contribution < 1.29 is 28.7 Å². The minimum Gasteiger partial charge on any atom is -0.467 e. The summed E-state index contributed by atoms with van der Waals surface area (Å²) in [6.07, 6.45) is 1.26. The smallest absolute Gasteiger partial charge is 0.396 e. The van der Waals surface area contributed by atoms with Gasteiger partial charge >= 0.3 is 17.8 Å². The summed E-state index contributed by atoms with van der Waals surface area (Å²) in [6.45, 7) is 0.285. The van der Waals surface area contributed by atoms with E-state index in [2.05, 4.69) is 10.1 Å². The molecule has 8 nitrogen and oxygen atoms in total. The first-order chi connectivity index (χ1) is 12.5. The molecule has 0 bridgehead atoms. The van der Waals surface area contributed by atoms with Crippen molar-refractivity contribution in [2.24, 2.45) is 0 Å².